The highest BCUT2D eigenvalue weighted by atomic mass is 32.2. The zero-order chi connectivity index (χ0) is 18.4. The maximum absolute atomic E-state index is 12.6. The Kier molecular flexibility index (Phi) is 6.17. The number of sulfonamides is 1. The van der Waals surface area contributed by atoms with E-state index in [9.17, 15) is 13.2 Å². The summed E-state index contributed by atoms with van der Waals surface area (Å²) >= 11 is 0. The molecule has 0 unspecified atom stereocenters. The predicted octanol–water partition coefficient (Wildman–Crippen LogP) is 2.28. The highest BCUT2D eigenvalue weighted by Gasteiger charge is 2.21. The molecule has 7 heteroatoms. The van der Waals surface area contributed by atoms with Crippen molar-refractivity contribution in [2.75, 3.05) is 25.1 Å². The quantitative estimate of drug-likeness (QED) is 0.820. The molecule has 0 aliphatic rings. The Morgan fingerprint density at radius 1 is 1.12 bits per heavy atom. The van der Waals surface area contributed by atoms with Crippen molar-refractivity contribution in [3.8, 4) is 0 Å². The van der Waals surface area contributed by atoms with E-state index in [1.54, 1.807) is 61.7 Å². The Hall–Kier alpha value is -2.38. The molecule has 0 aromatic heterocycles. The summed E-state index contributed by atoms with van der Waals surface area (Å²) in [6.45, 7) is 2.26. The molecule has 1 N–H and O–H groups in total. The van der Waals surface area contributed by atoms with Crippen LogP contribution in [0.3, 0.4) is 0 Å². The van der Waals surface area contributed by atoms with Crippen molar-refractivity contribution in [3.63, 3.8) is 0 Å². The lowest BCUT2D eigenvalue weighted by atomic mass is 10.2. The van der Waals surface area contributed by atoms with E-state index in [4.69, 9.17) is 4.74 Å². The van der Waals surface area contributed by atoms with Gasteiger partial charge in [0.15, 0.2) is 0 Å². The second-order valence-corrected chi connectivity index (χ2v) is 7.63. The van der Waals surface area contributed by atoms with Gasteiger partial charge < -0.3 is 10.1 Å². The number of carbonyl (C=O) groups is 1. The maximum Gasteiger partial charge on any atom is 0.264 e. The minimum absolute atomic E-state index is 0.113. The normalized spacial score (nSPS) is 12.4. The smallest absolute Gasteiger partial charge is 0.264 e. The third-order valence-corrected chi connectivity index (χ3v) is 5.49. The first-order valence-electron chi connectivity index (χ1n) is 7.80. The molecule has 134 valence electrons. The summed E-state index contributed by atoms with van der Waals surface area (Å²) in [5.74, 6) is -0.232. The van der Waals surface area contributed by atoms with Gasteiger partial charge in [-0.25, -0.2) is 8.42 Å². The molecular weight excluding hydrogens is 340 g/mol. The average Bonchev–Trinajstić information content (AvgIpc) is 2.62. The van der Waals surface area contributed by atoms with Crippen LogP contribution in [0, 0.1) is 0 Å². The van der Waals surface area contributed by atoms with Crippen LogP contribution in [0.1, 0.15) is 17.3 Å². The number of hydrogen-bond acceptors (Lipinski definition) is 4. The van der Waals surface area contributed by atoms with Gasteiger partial charge in [0.25, 0.3) is 15.9 Å². The molecule has 0 fully saturated rings. The minimum Gasteiger partial charge on any atom is -0.383 e. The topological polar surface area (TPSA) is 75.7 Å². The summed E-state index contributed by atoms with van der Waals surface area (Å²) in [6.07, 6.45) is 0. The second-order valence-electron chi connectivity index (χ2n) is 5.66. The van der Waals surface area contributed by atoms with Gasteiger partial charge in [-0.05, 0) is 43.3 Å². The van der Waals surface area contributed by atoms with Gasteiger partial charge in [0.1, 0.15) is 0 Å². The van der Waals surface area contributed by atoms with E-state index in [-0.39, 0.29) is 16.8 Å². The number of amides is 1. The SMILES string of the molecule is COC[C@H](C)NC(=O)c1ccc(N(C)S(=O)(=O)c2ccccc2)cc1. The zero-order valence-electron chi connectivity index (χ0n) is 14.5. The van der Waals surface area contributed by atoms with Gasteiger partial charge in [-0.15, -0.1) is 0 Å². The van der Waals surface area contributed by atoms with Crippen molar-refractivity contribution in [3.05, 3.63) is 60.2 Å². The van der Waals surface area contributed by atoms with Crippen LogP contribution in [0.15, 0.2) is 59.5 Å². The number of carbonyl (C=O) groups excluding carboxylic acids is 1. The van der Waals surface area contributed by atoms with Gasteiger partial charge in [0.2, 0.25) is 0 Å². The Balaban J connectivity index is 2.15. The Morgan fingerprint density at radius 3 is 2.28 bits per heavy atom. The molecule has 0 saturated heterocycles. The van der Waals surface area contributed by atoms with Crippen LogP contribution in [-0.2, 0) is 14.8 Å². The predicted molar refractivity (Wildman–Crippen MR) is 97.3 cm³/mol. The van der Waals surface area contributed by atoms with Crippen LogP contribution < -0.4 is 9.62 Å². The summed E-state index contributed by atoms with van der Waals surface area (Å²) in [6, 6.07) is 14.5. The van der Waals surface area contributed by atoms with Crippen molar-refractivity contribution in [2.24, 2.45) is 0 Å². The van der Waals surface area contributed by atoms with Gasteiger partial charge in [-0.2, -0.15) is 0 Å². The molecule has 1 amide bonds. The highest BCUT2D eigenvalue weighted by Crippen LogP contribution is 2.22. The summed E-state index contributed by atoms with van der Waals surface area (Å²) < 4.78 is 31.4. The van der Waals surface area contributed by atoms with Crippen LogP contribution in [0.2, 0.25) is 0 Å². The fraction of sp³-hybridized carbons (Fsp3) is 0.278. The molecule has 0 heterocycles. The van der Waals surface area contributed by atoms with Crippen LogP contribution in [0.25, 0.3) is 0 Å². The standard InChI is InChI=1S/C18H22N2O4S/c1-14(13-24-3)19-18(21)15-9-11-16(12-10-15)20(2)25(22,23)17-7-5-4-6-8-17/h4-12,14H,13H2,1-3H3,(H,19,21)/t14-/m0/s1. The number of rotatable bonds is 7. The van der Waals surface area contributed by atoms with Gasteiger partial charge >= 0.3 is 0 Å². The van der Waals surface area contributed by atoms with Crippen molar-refractivity contribution in [2.45, 2.75) is 17.9 Å². The third-order valence-electron chi connectivity index (χ3n) is 3.69. The molecule has 25 heavy (non-hydrogen) atoms. The van der Waals surface area contributed by atoms with E-state index in [0.717, 1.165) is 0 Å². The van der Waals surface area contributed by atoms with Crippen LogP contribution in [-0.4, -0.2) is 41.1 Å². The summed E-state index contributed by atoms with van der Waals surface area (Å²) in [4.78, 5) is 12.3. The maximum atomic E-state index is 12.6. The van der Waals surface area contributed by atoms with Crippen LogP contribution in [0.4, 0.5) is 5.69 Å². The molecule has 0 radical (unpaired) electrons. The first-order valence-corrected chi connectivity index (χ1v) is 9.24. The lowest BCUT2D eigenvalue weighted by molar-refractivity contribution is 0.0905. The number of hydrogen-bond donors (Lipinski definition) is 1. The van der Waals surface area contributed by atoms with Crippen LogP contribution >= 0.6 is 0 Å². The van der Waals surface area contributed by atoms with E-state index in [0.29, 0.717) is 17.9 Å². The molecular formula is C18H22N2O4S. The first kappa shape index (κ1) is 19.0. The molecule has 0 aliphatic carbocycles. The Bertz CT molecular complexity index is 805. The lowest BCUT2D eigenvalue weighted by Crippen LogP contribution is -2.35. The Labute approximate surface area is 148 Å². The first-order chi connectivity index (χ1) is 11.9. The van der Waals surface area contributed by atoms with Crippen molar-refractivity contribution < 1.29 is 17.9 Å². The van der Waals surface area contributed by atoms with Crippen LogP contribution in [0.5, 0.6) is 0 Å². The second kappa shape index (κ2) is 8.13. The molecule has 2 rings (SSSR count). The number of nitrogens with zero attached hydrogens (tertiary/aromatic N) is 1. The number of benzene rings is 2. The molecule has 1 atom stereocenters. The highest BCUT2D eigenvalue weighted by molar-refractivity contribution is 7.92. The molecule has 2 aromatic rings. The molecule has 0 saturated carbocycles. The summed E-state index contributed by atoms with van der Waals surface area (Å²) in [5.41, 5.74) is 0.933. The number of anilines is 1. The van der Waals surface area contributed by atoms with E-state index in [2.05, 4.69) is 5.32 Å². The summed E-state index contributed by atoms with van der Waals surface area (Å²) in [5, 5.41) is 2.81. The fourth-order valence-corrected chi connectivity index (χ4v) is 3.53. The van der Waals surface area contributed by atoms with Gasteiger partial charge in [-0.1, -0.05) is 18.2 Å². The fourth-order valence-electron chi connectivity index (χ4n) is 2.31. The minimum atomic E-state index is -3.64. The lowest BCUT2D eigenvalue weighted by Gasteiger charge is -2.20. The monoisotopic (exact) mass is 362 g/mol. The number of ether oxygens (including phenoxy) is 1. The Morgan fingerprint density at radius 2 is 1.72 bits per heavy atom. The van der Waals surface area contributed by atoms with E-state index < -0.39 is 10.0 Å². The average molecular weight is 362 g/mol. The largest absolute Gasteiger partial charge is 0.383 e. The number of nitrogens with one attached hydrogen (secondary N) is 1. The summed E-state index contributed by atoms with van der Waals surface area (Å²) in [7, 11) is -0.581. The van der Waals surface area contributed by atoms with Gasteiger partial charge in [-0.3, -0.25) is 9.10 Å². The molecule has 0 bridgehead atoms. The van der Waals surface area contributed by atoms with Gasteiger partial charge in [0, 0.05) is 25.8 Å². The van der Waals surface area contributed by atoms with E-state index in [1.165, 1.54) is 11.4 Å². The van der Waals surface area contributed by atoms with Crippen molar-refractivity contribution in [1.82, 2.24) is 5.32 Å². The molecule has 6 nitrogen and oxygen atoms in total. The van der Waals surface area contributed by atoms with Crippen molar-refractivity contribution >= 4 is 21.6 Å². The van der Waals surface area contributed by atoms with E-state index >= 15 is 0 Å². The molecule has 2 aromatic carbocycles. The molecule has 0 spiro atoms. The van der Waals surface area contributed by atoms with E-state index in [1.807, 2.05) is 6.92 Å². The van der Waals surface area contributed by atoms with Gasteiger partial charge in [0.05, 0.1) is 17.2 Å². The third kappa shape index (κ3) is 4.58. The number of methoxy groups -OCH3 is 1. The zero-order valence-corrected chi connectivity index (χ0v) is 15.3. The van der Waals surface area contributed by atoms with Crippen molar-refractivity contribution in [1.29, 1.82) is 0 Å². The molecule has 0 aliphatic heterocycles.